The predicted molar refractivity (Wildman–Crippen MR) is 98.7 cm³/mol. The highest BCUT2D eigenvalue weighted by atomic mass is 16.5. The largest absolute Gasteiger partial charge is 0.508 e. The van der Waals surface area contributed by atoms with Gasteiger partial charge in [-0.3, -0.25) is 4.79 Å². The number of benzene rings is 3. The van der Waals surface area contributed by atoms with Crippen LogP contribution in [0.3, 0.4) is 0 Å². The third-order valence-corrected chi connectivity index (χ3v) is 3.71. The second kappa shape index (κ2) is 7.97. The number of phenols is 1. The molecule has 0 amide bonds. The molecule has 0 aliphatic heterocycles. The number of carbonyl (C=O) groups excluding carboxylic acids is 1. The summed E-state index contributed by atoms with van der Waals surface area (Å²) < 4.78 is 5.71. The number of ether oxygens (including phenoxy) is 1. The van der Waals surface area contributed by atoms with Crippen molar-refractivity contribution in [3.05, 3.63) is 102 Å². The van der Waals surface area contributed by atoms with Crippen molar-refractivity contribution in [2.24, 2.45) is 0 Å². The van der Waals surface area contributed by atoms with E-state index in [4.69, 9.17) is 4.74 Å². The first-order valence-corrected chi connectivity index (χ1v) is 7.99. The highest BCUT2D eigenvalue weighted by Crippen LogP contribution is 2.16. The maximum Gasteiger partial charge on any atom is 0.185 e. The number of rotatable bonds is 6. The lowest BCUT2D eigenvalue weighted by atomic mass is 10.1. The van der Waals surface area contributed by atoms with E-state index < -0.39 is 0 Å². The normalized spacial score (nSPS) is 10.7. The summed E-state index contributed by atoms with van der Waals surface area (Å²) in [6, 6.07) is 23.7. The number of carbonyl (C=O) groups is 1. The number of ketones is 1. The van der Waals surface area contributed by atoms with Gasteiger partial charge in [-0.25, -0.2) is 0 Å². The molecule has 0 bridgehead atoms. The van der Waals surface area contributed by atoms with E-state index in [9.17, 15) is 9.90 Å². The SMILES string of the molecule is O=C(/C=C/c1ccc(O)cc1)c1ccc(OCc2ccccc2)cc1. The van der Waals surface area contributed by atoms with Crippen molar-refractivity contribution in [2.45, 2.75) is 6.61 Å². The van der Waals surface area contributed by atoms with E-state index in [1.54, 1.807) is 54.6 Å². The zero-order chi connectivity index (χ0) is 17.5. The van der Waals surface area contributed by atoms with Gasteiger partial charge in [0.05, 0.1) is 0 Å². The maximum atomic E-state index is 12.2. The molecule has 3 nitrogen and oxygen atoms in total. The standard InChI is InChI=1S/C22H18O3/c23-20-11-6-17(7-12-20)8-15-22(24)19-9-13-21(14-10-19)25-16-18-4-2-1-3-5-18/h1-15,23H,16H2/b15-8+. The van der Waals surface area contributed by atoms with Crippen molar-refractivity contribution < 1.29 is 14.6 Å². The fourth-order valence-electron chi connectivity index (χ4n) is 2.31. The molecule has 0 radical (unpaired) electrons. The summed E-state index contributed by atoms with van der Waals surface area (Å²) in [4.78, 5) is 12.2. The summed E-state index contributed by atoms with van der Waals surface area (Å²) in [5.74, 6) is 0.847. The fourth-order valence-corrected chi connectivity index (χ4v) is 2.31. The van der Waals surface area contributed by atoms with Crippen molar-refractivity contribution in [3.63, 3.8) is 0 Å². The first-order chi connectivity index (χ1) is 12.2. The van der Waals surface area contributed by atoms with Gasteiger partial charge in [-0.05, 0) is 53.6 Å². The van der Waals surface area contributed by atoms with Crippen molar-refractivity contribution >= 4 is 11.9 Å². The zero-order valence-electron chi connectivity index (χ0n) is 13.6. The van der Waals surface area contributed by atoms with E-state index in [-0.39, 0.29) is 11.5 Å². The monoisotopic (exact) mass is 330 g/mol. The molecule has 0 fully saturated rings. The molecule has 0 spiro atoms. The van der Waals surface area contributed by atoms with E-state index in [1.165, 1.54) is 6.08 Å². The van der Waals surface area contributed by atoms with E-state index in [0.717, 1.165) is 16.9 Å². The molecule has 0 atom stereocenters. The Hall–Kier alpha value is -3.33. The maximum absolute atomic E-state index is 12.2. The van der Waals surface area contributed by atoms with Gasteiger partial charge in [0.2, 0.25) is 0 Å². The van der Waals surface area contributed by atoms with Crippen LogP contribution in [0.15, 0.2) is 84.9 Å². The smallest absolute Gasteiger partial charge is 0.185 e. The molecule has 0 saturated heterocycles. The molecule has 0 heterocycles. The average Bonchev–Trinajstić information content (AvgIpc) is 2.67. The number of allylic oxidation sites excluding steroid dienone is 1. The third-order valence-electron chi connectivity index (χ3n) is 3.71. The molecule has 25 heavy (non-hydrogen) atoms. The molecule has 0 saturated carbocycles. The quantitative estimate of drug-likeness (QED) is 0.518. The van der Waals surface area contributed by atoms with E-state index in [0.29, 0.717) is 12.2 Å². The Morgan fingerprint density at radius 3 is 2.24 bits per heavy atom. The molecular weight excluding hydrogens is 312 g/mol. The van der Waals surface area contributed by atoms with Gasteiger partial charge in [0.25, 0.3) is 0 Å². The van der Waals surface area contributed by atoms with Crippen molar-refractivity contribution in [1.82, 2.24) is 0 Å². The molecule has 3 rings (SSSR count). The van der Waals surface area contributed by atoms with E-state index in [1.807, 2.05) is 30.3 Å². The number of aromatic hydroxyl groups is 1. The van der Waals surface area contributed by atoms with Crippen LogP contribution in [0, 0.1) is 0 Å². The van der Waals surface area contributed by atoms with Crippen LogP contribution in [-0.2, 0) is 6.61 Å². The summed E-state index contributed by atoms with van der Waals surface area (Å²) in [5, 5.41) is 9.25. The minimum Gasteiger partial charge on any atom is -0.508 e. The molecule has 3 aromatic rings. The summed E-state index contributed by atoms with van der Waals surface area (Å²) in [7, 11) is 0. The van der Waals surface area contributed by atoms with Crippen LogP contribution in [0.25, 0.3) is 6.08 Å². The second-order valence-corrected chi connectivity index (χ2v) is 5.59. The van der Waals surface area contributed by atoms with Crippen LogP contribution in [0.5, 0.6) is 11.5 Å². The number of phenolic OH excluding ortho intramolecular Hbond substituents is 1. The topological polar surface area (TPSA) is 46.5 Å². The Labute approximate surface area is 146 Å². The predicted octanol–water partition coefficient (Wildman–Crippen LogP) is 4.87. The van der Waals surface area contributed by atoms with Crippen molar-refractivity contribution in [1.29, 1.82) is 0 Å². The average molecular weight is 330 g/mol. The molecule has 3 aromatic carbocycles. The van der Waals surface area contributed by atoms with Gasteiger partial charge in [0.15, 0.2) is 5.78 Å². The highest BCUT2D eigenvalue weighted by Gasteiger charge is 2.03. The second-order valence-electron chi connectivity index (χ2n) is 5.59. The van der Waals surface area contributed by atoms with Crippen LogP contribution in [-0.4, -0.2) is 10.9 Å². The third kappa shape index (κ3) is 4.82. The Balaban J connectivity index is 1.59. The van der Waals surface area contributed by atoms with Gasteiger partial charge in [-0.2, -0.15) is 0 Å². The summed E-state index contributed by atoms with van der Waals surface area (Å²) in [6.45, 7) is 0.495. The van der Waals surface area contributed by atoms with E-state index in [2.05, 4.69) is 0 Å². The number of hydrogen-bond donors (Lipinski definition) is 1. The van der Waals surface area contributed by atoms with Crippen LogP contribution in [0.2, 0.25) is 0 Å². The van der Waals surface area contributed by atoms with Crippen molar-refractivity contribution in [2.75, 3.05) is 0 Å². The van der Waals surface area contributed by atoms with Gasteiger partial charge in [0, 0.05) is 5.56 Å². The van der Waals surface area contributed by atoms with Crippen molar-refractivity contribution in [3.8, 4) is 11.5 Å². The Kier molecular flexibility index (Phi) is 5.27. The van der Waals surface area contributed by atoms with Gasteiger partial charge < -0.3 is 9.84 Å². The molecule has 1 N–H and O–H groups in total. The minimum absolute atomic E-state index is 0.0808. The first kappa shape index (κ1) is 16.5. The lowest BCUT2D eigenvalue weighted by Gasteiger charge is -2.06. The van der Waals surface area contributed by atoms with Gasteiger partial charge in [0.1, 0.15) is 18.1 Å². The van der Waals surface area contributed by atoms with Crippen LogP contribution >= 0.6 is 0 Å². The number of hydrogen-bond acceptors (Lipinski definition) is 3. The molecular formula is C22H18O3. The molecule has 124 valence electrons. The first-order valence-electron chi connectivity index (χ1n) is 7.99. The Morgan fingerprint density at radius 2 is 1.56 bits per heavy atom. The molecule has 0 aliphatic rings. The summed E-state index contributed by atoms with van der Waals surface area (Å²) in [5.41, 5.74) is 2.55. The van der Waals surface area contributed by atoms with Gasteiger partial charge >= 0.3 is 0 Å². The minimum atomic E-state index is -0.0808. The lowest BCUT2D eigenvalue weighted by Crippen LogP contribution is -1.97. The van der Waals surface area contributed by atoms with Gasteiger partial charge in [-0.1, -0.05) is 48.5 Å². The molecule has 3 heteroatoms. The van der Waals surface area contributed by atoms with Crippen LogP contribution < -0.4 is 4.74 Å². The highest BCUT2D eigenvalue weighted by molar-refractivity contribution is 6.06. The summed E-state index contributed by atoms with van der Waals surface area (Å²) in [6.07, 6.45) is 3.24. The van der Waals surface area contributed by atoms with Gasteiger partial charge in [-0.15, -0.1) is 0 Å². The Bertz CT molecular complexity index is 848. The molecule has 0 aromatic heterocycles. The van der Waals surface area contributed by atoms with Crippen LogP contribution in [0.1, 0.15) is 21.5 Å². The zero-order valence-corrected chi connectivity index (χ0v) is 13.6. The summed E-state index contributed by atoms with van der Waals surface area (Å²) >= 11 is 0. The fraction of sp³-hybridized carbons (Fsp3) is 0.0455. The van der Waals surface area contributed by atoms with E-state index >= 15 is 0 Å². The molecule has 0 unspecified atom stereocenters. The Morgan fingerprint density at radius 1 is 0.880 bits per heavy atom. The lowest BCUT2D eigenvalue weighted by molar-refractivity contribution is 0.104. The molecule has 0 aliphatic carbocycles. The van der Waals surface area contributed by atoms with Crippen LogP contribution in [0.4, 0.5) is 0 Å².